The van der Waals surface area contributed by atoms with Crippen molar-refractivity contribution in [3.8, 4) is 0 Å². The van der Waals surface area contributed by atoms with E-state index in [1.165, 1.54) is 0 Å². The molecule has 0 bridgehead atoms. The topological polar surface area (TPSA) is 40.5 Å². The number of amides is 1. The number of rotatable bonds is 4. The average molecular weight is 255 g/mol. The lowest BCUT2D eigenvalue weighted by atomic mass is 10.1. The molecule has 0 aliphatic rings. The molecule has 98 valence electrons. The third-order valence-electron chi connectivity index (χ3n) is 3.17. The van der Waals surface area contributed by atoms with Crippen LogP contribution in [0.4, 0.5) is 0 Å². The molecule has 1 atom stereocenters. The Hall–Kier alpha value is -2.13. The minimum absolute atomic E-state index is 0.0940. The van der Waals surface area contributed by atoms with Crippen LogP contribution >= 0.6 is 0 Å². The molecule has 0 fully saturated rings. The summed E-state index contributed by atoms with van der Waals surface area (Å²) in [5.41, 5.74) is 1.55. The Morgan fingerprint density at radius 2 is 1.58 bits per heavy atom. The van der Waals surface area contributed by atoms with Crippen LogP contribution in [-0.2, 0) is 0 Å². The summed E-state index contributed by atoms with van der Waals surface area (Å²) in [4.78, 5) is 13.9. The summed E-state index contributed by atoms with van der Waals surface area (Å²) in [6.07, 6.45) is 0. The molecule has 1 unspecified atom stereocenters. The van der Waals surface area contributed by atoms with Gasteiger partial charge in [0.25, 0.3) is 5.91 Å². The number of carbonyl (C=O) groups is 1. The lowest BCUT2D eigenvalue weighted by molar-refractivity contribution is 0.0658. The maximum Gasteiger partial charge on any atom is 0.254 e. The molecule has 0 saturated carbocycles. The summed E-state index contributed by atoms with van der Waals surface area (Å²) in [7, 11) is 1.71. The average Bonchev–Trinajstić information content (AvgIpc) is 2.49. The number of aliphatic hydroxyl groups is 1. The smallest absolute Gasteiger partial charge is 0.254 e. The van der Waals surface area contributed by atoms with Crippen molar-refractivity contribution >= 4 is 5.91 Å². The first-order valence-electron chi connectivity index (χ1n) is 6.22. The Morgan fingerprint density at radius 1 is 1.05 bits per heavy atom. The molecule has 0 radical (unpaired) electrons. The summed E-state index contributed by atoms with van der Waals surface area (Å²) < 4.78 is 0. The number of carbonyl (C=O) groups excluding carboxylic acids is 1. The number of hydrogen-bond donors (Lipinski definition) is 1. The highest BCUT2D eigenvalue weighted by Gasteiger charge is 2.21. The van der Waals surface area contributed by atoms with E-state index in [0.29, 0.717) is 5.56 Å². The maximum absolute atomic E-state index is 12.3. The van der Waals surface area contributed by atoms with Crippen molar-refractivity contribution in [1.82, 2.24) is 4.90 Å². The van der Waals surface area contributed by atoms with E-state index in [1.54, 1.807) is 24.1 Å². The standard InChI is InChI=1S/C16H17NO2/c1-17(16(19)14-10-6-3-7-11-14)15(12-18)13-8-4-2-5-9-13/h2-11,15,18H,12H2,1H3. The summed E-state index contributed by atoms with van der Waals surface area (Å²) in [6.45, 7) is -0.0981. The highest BCUT2D eigenvalue weighted by molar-refractivity contribution is 5.94. The summed E-state index contributed by atoms with van der Waals surface area (Å²) in [5, 5.41) is 9.55. The van der Waals surface area contributed by atoms with Crippen molar-refractivity contribution in [1.29, 1.82) is 0 Å². The zero-order valence-corrected chi connectivity index (χ0v) is 10.9. The Morgan fingerprint density at radius 3 is 2.11 bits per heavy atom. The fourth-order valence-electron chi connectivity index (χ4n) is 2.05. The Bertz CT molecular complexity index is 525. The van der Waals surface area contributed by atoms with E-state index < -0.39 is 0 Å². The Balaban J connectivity index is 2.22. The Kier molecular flexibility index (Phi) is 4.31. The minimum Gasteiger partial charge on any atom is -0.394 e. The number of likely N-dealkylation sites (N-methyl/N-ethyl adjacent to an activating group) is 1. The first-order valence-corrected chi connectivity index (χ1v) is 6.22. The molecule has 0 aliphatic heterocycles. The molecule has 0 aliphatic carbocycles. The zero-order chi connectivity index (χ0) is 13.7. The van der Waals surface area contributed by atoms with E-state index in [0.717, 1.165) is 5.56 Å². The van der Waals surface area contributed by atoms with Gasteiger partial charge in [-0.15, -0.1) is 0 Å². The van der Waals surface area contributed by atoms with Crippen LogP contribution in [0.15, 0.2) is 60.7 Å². The van der Waals surface area contributed by atoms with Gasteiger partial charge in [0.15, 0.2) is 0 Å². The van der Waals surface area contributed by atoms with Gasteiger partial charge in [-0.25, -0.2) is 0 Å². The van der Waals surface area contributed by atoms with Gasteiger partial charge >= 0.3 is 0 Å². The normalized spacial score (nSPS) is 11.9. The number of hydrogen-bond acceptors (Lipinski definition) is 2. The van der Waals surface area contributed by atoms with Gasteiger partial charge in [-0.3, -0.25) is 4.79 Å². The molecule has 2 rings (SSSR count). The molecule has 0 saturated heterocycles. The molecular weight excluding hydrogens is 238 g/mol. The lowest BCUT2D eigenvalue weighted by Gasteiger charge is -2.27. The second-order valence-corrected chi connectivity index (χ2v) is 4.39. The molecular formula is C16H17NO2. The number of benzene rings is 2. The van der Waals surface area contributed by atoms with Crippen LogP contribution < -0.4 is 0 Å². The van der Waals surface area contributed by atoms with Gasteiger partial charge < -0.3 is 10.0 Å². The van der Waals surface area contributed by atoms with E-state index in [9.17, 15) is 9.90 Å². The van der Waals surface area contributed by atoms with Gasteiger partial charge in [-0.05, 0) is 17.7 Å². The molecule has 0 aromatic heterocycles. The van der Waals surface area contributed by atoms with E-state index in [2.05, 4.69) is 0 Å². The van der Waals surface area contributed by atoms with Crippen LogP contribution in [0.1, 0.15) is 22.0 Å². The van der Waals surface area contributed by atoms with Crippen molar-refractivity contribution in [3.63, 3.8) is 0 Å². The molecule has 3 heteroatoms. The highest BCUT2D eigenvalue weighted by Crippen LogP contribution is 2.20. The summed E-state index contributed by atoms with van der Waals surface area (Å²) in [6, 6.07) is 18.3. The van der Waals surface area contributed by atoms with Gasteiger partial charge in [-0.1, -0.05) is 48.5 Å². The van der Waals surface area contributed by atoms with Crippen LogP contribution in [0.25, 0.3) is 0 Å². The molecule has 1 amide bonds. The molecule has 0 heterocycles. The molecule has 1 N–H and O–H groups in total. The molecule has 2 aromatic rings. The quantitative estimate of drug-likeness (QED) is 0.911. The fraction of sp³-hybridized carbons (Fsp3) is 0.188. The summed E-state index contributed by atoms with van der Waals surface area (Å²) in [5.74, 6) is -0.0940. The minimum atomic E-state index is -0.325. The third kappa shape index (κ3) is 3.01. The zero-order valence-electron chi connectivity index (χ0n) is 10.9. The van der Waals surface area contributed by atoms with Crippen molar-refractivity contribution in [2.75, 3.05) is 13.7 Å². The monoisotopic (exact) mass is 255 g/mol. The number of nitrogens with zero attached hydrogens (tertiary/aromatic N) is 1. The second kappa shape index (κ2) is 6.16. The molecule has 2 aromatic carbocycles. The highest BCUT2D eigenvalue weighted by atomic mass is 16.3. The van der Waals surface area contributed by atoms with Crippen molar-refractivity contribution < 1.29 is 9.90 Å². The van der Waals surface area contributed by atoms with Crippen LogP contribution in [0.3, 0.4) is 0 Å². The SMILES string of the molecule is CN(C(=O)c1ccccc1)C(CO)c1ccccc1. The van der Waals surface area contributed by atoms with E-state index in [-0.39, 0.29) is 18.6 Å². The van der Waals surface area contributed by atoms with E-state index in [4.69, 9.17) is 0 Å². The predicted octanol–water partition coefficient (Wildman–Crippen LogP) is 2.49. The first kappa shape index (κ1) is 13.3. The fourth-order valence-corrected chi connectivity index (χ4v) is 2.05. The predicted molar refractivity (Wildman–Crippen MR) is 74.8 cm³/mol. The Labute approximate surface area is 113 Å². The van der Waals surface area contributed by atoms with Crippen molar-refractivity contribution in [2.45, 2.75) is 6.04 Å². The van der Waals surface area contributed by atoms with Gasteiger partial charge in [0.2, 0.25) is 0 Å². The second-order valence-electron chi connectivity index (χ2n) is 4.39. The van der Waals surface area contributed by atoms with Gasteiger partial charge in [0, 0.05) is 12.6 Å². The first-order chi connectivity index (χ1) is 9.24. The third-order valence-corrected chi connectivity index (χ3v) is 3.17. The number of aliphatic hydroxyl groups excluding tert-OH is 1. The van der Waals surface area contributed by atoms with Gasteiger partial charge in [0.05, 0.1) is 12.6 Å². The van der Waals surface area contributed by atoms with E-state index >= 15 is 0 Å². The van der Waals surface area contributed by atoms with Crippen LogP contribution in [0, 0.1) is 0 Å². The maximum atomic E-state index is 12.3. The van der Waals surface area contributed by atoms with Crippen molar-refractivity contribution in [2.24, 2.45) is 0 Å². The van der Waals surface area contributed by atoms with E-state index in [1.807, 2.05) is 48.5 Å². The molecule has 19 heavy (non-hydrogen) atoms. The molecule has 3 nitrogen and oxygen atoms in total. The van der Waals surface area contributed by atoms with Crippen LogP contribution in [-0.4, -0.2) is 29.6 Å². The van der Waals surface area contributed by atoms with Crippen LogP contribution in [0.2, 0.25) is 0 Å². The summed E-state index contributed by atoms with van der Waals surface area (Å²) >= 11 is 0. The van der Waals surface area contributed by atoms with Gasteiger partial charge in [0.1, 0.15) is 0 Å². The largest absolute Gasteiger partial charge is 0.394 e. The lowest BCUT2D eigenvalue weighted by Crippen LogP contribution is -2.33. The molecule has 0 spiro atoms. The van der Waals surface area contributed by atoms with Crippen molar-refractivity contribution in [3.05, 3.63) is 71.8 Å². The van der Waals surface area contributed by atoms with Gasteiger partial charge in [-0.2, -0.15) is 0 Å². The van der Waals surface area contributed by atoms with Crippen LogP contribution in [0.5, 0.6) is 0 Å².